The van der Waals surface area contributed by atoms with Crippen LogP contribution in [-0.4, -0.2) is 31.6 Å². The predicted octanol–water partition coefficient (Wildman–Crippen LogP) is 4.98. The van der Waals surface area contributed by atoms with E-state index in [0.717, 1.165) is 16.7 Å². The summed E-state index contributed by atoms with van der Waals surface area (Å²) in [5.74, 6) is 1.63. The number of hydrogen-bond acceptors (Lipinski definition) is 5. The van der Waals surface area contributed by atoms with Gasteiger partial charge in [-0.15, -0.1) is 0 Å². The Hall–Kier alpha value is -4.06. The number of rotatable bonds is 4. The van der Waals surface area contributed by atoms with Crippen LogP contribution in [0.4, 0.5) is 0 Å². The van der Waals surface area contributed by atoms with Crippen molar-refractivity contribution in [2.75, 3.05) is 20.8 Å². The van der Waals surface area contributed by atoms with Crippen molar-refractivity contribution in [2.24, 2.45) is 0 Å². The minimum absolute atomic E-state index is 0.129. The van der Waals surface area contributed by atoms with Crippen molar-refractivity contribution in [3.63, 3.8) is 0 Å². The normalized spacial score (nSPS) is 13.0. The van der Waals surface area contributed by atoms with E-state index in [0.29, 0.717) is 58.9 Å². The molecular weight excluding hydrogens is 430 g/mol. The second-order valence-electron chi connectivity index (χ2n) is 8.39. The molecule has 172 valence electrons. The first-order chi connectivity index (χ1) is 16.5. The Labute approximate surface area is 197 Å². The minimum Gasteiger partial charge on any atom is -0.493 e. The molecule has 4 aromatic rings. The maximum atomic E-state index is 13.7. The van der Waals surface area contributed by atoms with Crippen LogP contribution in [0.1, 0.15) is 27.0 Å². The molecule has 0 atom stereocenters. The number of carbonyl (C=O) groups is 1. The molecule has 1 aliphatic heterocycles. The molecule has 0 saturated heterocycles. The Morgan fingerprint density at radius 1 is 0.941 bits per heavy atom. The second kappa shape index (κ2) is 8.71. The molecule has 2 heterocycles. The van der Waals surface area contributed by atoms with Gasteiger partial charge < -0.3 is 18.8 Å². The van der Waals surface area contributed by atoms with Crippen molar-refractivity contribution in [1.29, 1.82) is 0 Å². The molecule has 0 N–H and O–H groups in total. The van der Waals surface area contributed by atoms with E-state index >= 15 is 0 Å². The zero-order valence-electron chi connectivity index (χ0n) is 19.4. The number of para-hydroxylation sites is 1. The van der Waals surface area contributed by atoms with Gasteiger partial charge in [-0.05, 0) is 48.7 Å². The van der Waals surface area contributed by atoms with Gasteiger partial charge >= 0.3 is 0 Å². The van der Waals surface area contributed by atoms with Crippen molar-refractivity contribution < 1.29 is 18.7 Å². The maximum Gasteiger partial charge on any atom is 0.257 e. The predicted molar refractivity (Wildman–Crippen MR) is 131 cm³/mol. The molecule has 1 aromatic heterocycles. The average Bonchev–Trinajstić information content (AvgIpc) is 2.89. The molecule has 0 unspecified atom stereocenters. The number of benzene rings is 3. The molecule has 3 aromatic carbocycles. The lowest BCUT2D eigenvalue weighted by Crippen LogP contribution is -2.36. The topological polar surface area (TPSA) is 69.0 Å². The first kappa shape index (κ1) is 21.8. The van der Waals surface area contributed by atoms with Crippen LogP contribution < -0.4 is 14.9 Å². The Morgan fingerprint density at radius 2 is 1.65 bits per heavy atom. The highest BCUT2D eigenvalue weighted by molar-refractivity contribution is 6.05. The van der Waals surface area contributed by atoms with Gasteiger partial charge in [0.2, 0.25) is 0 Å². The molecule has 1 amide bonds. The van der Waals surface area contributed by atoms with Crippen molar-refractivity contribution in [3.8, 4) is 22.8 Å². The summed E-state index contributed by atoms with van der Waals surface area (Å²) in [6.07, 6.45) is 0.699. The highest BCUT2D eigenvalue weighted by atomic mass is 16.5. The number of hydrogen-bond donors (Lipinski definition) is 0. The highest BCUT2D eigenvalue weighted by Crippen LogP contribution is 2.34. The van der Waals surface area contributed by atoms with Gasteiger partial charge in [-0.3, -0.25) is 9.59 Å². The van der Waals surface area contributed by atoms with Gasteiger partial charge in [0.25, 0.3) is 5.91 Å². The number of methoxy groups -OCH3 is 2. The van der Waals surface area contributed by atoms with Crippen LogP contribution in [-0.2, 0) is 13.0 Å². The first-order valence-corrected chi connectivity index (χ1v) is 11.2. The molecule has 0 radical (unpaired) electrons. The van der Waals surface area contributed by atoms with Crippen LogP contribution in [0.25, 0.3) is 22.3 Å². The van der Waals surface area contributed by atoms with E-state index in [9.17, 15) is 9.59 Å². The smallest absolute Gasteiger partial charge is 0.257 e. The molecule has 6 nitrogen and oxygen atoms in total. The summed E-state index contributed by atoms with van der Waals surface area (Å²) < 4.78 is 17.1. The summed E-state index contributed by atoms with van der Waals surface area (Å²) in [6.45, 7) is 2.75. The molecule has 1 aliphatic rings. The summed E-state index contributed by atoms with van der Waals surface area (Å²) >= 11 is 0. The van der Waals surface area contributed by atoms with E-state index in [1.165, 1.54) is 0 Å². The Bertz CT molecular complexity index is 1460. The van der Waals surface area contributed by atoms with E-state index < -0.39 is 0 Å². The molecule has 0 bridgehead atoms. The van der Waals surface area contributed by atoms with Crippen LogP contribution in [0.2, 0.25) is 0 Å². The van der Waals surface area contributed by atoms with Crippen LogP contribution in [0, 0.1) is 6.92 Å². The number of carbonyl (C=O) groups excluding carboxylic acids is 1. The molecule has 0 fully saturated rings. The number of amides is 1. The zero-order chi connectivity index (χ0) is 23.8. The first-order valence-electron chi connectivity index (χ1n) is 11.2. The Morgan fingerprint density at radius 3 is 2.35 bits per heavy atom. The molecule has 0 spiro atoms. The van der Waals surface area contributed by atoms with Gasteiger partial charge in [0.1, 0.15) is 5.76 Å². The van der Waals surface area contributed by atoms with Gasteiger partial charge in [-0.25, -0.2) is 0 Å². The highest BCUT2D eigenvalue weighted by Gasteiger charge is 2.26. The zero-order valence-corrected chi connectivity index (χ0v) is 19.4. The molecule has 34 heavy (non-hydrogen) atoms. The molecule has 6 heteroatoms. The standard InChI is InChI=1S/C28H25NO5/c1-17-25(30)21-10-7-11-22(27(21)34-26(17)18-8-5-4-6-9-18)28(31)29-13-12-19-14-23(32-2)24(33-3)15-20(19)16-29/h4-11,14-15H,12-13,16H2,1-3H3. The summed E-state index contributed by atoms with van der Waals surface area (Å²) in [5.41, 5.74) is 4.05. The summed E-state index contributed by atoms with van der Waals surface area (Å²) in [7, 11) is 3.21. The number of nitrogens with zero attached hydrogens (tertiary/aromatic N) is 1. The van der Waals surface area contributed by atoms with E-state index in [-0.39, 0.29) is 11.3 Å². The minimum atomic E-state index is -0.169. The van der Waals surface area contributed by atoms with Crippen molar-refractivity contribution >= 4 is 16.9 Å². The van der Waals surface area contributed by atoms with Crippen LogP contribution in [0.5, 0.6) is 11.5 Å². The van der Waals surface area contributed by atoms with Crippen molar-refractivity contribution in [2.45, 2.75) is 19.9 Å². The lowest BCUT2D eigenvalue weighted by molar-refractivity contribution is 0.0735. The fraction of sp³-hybridized carbons (Fsp3) is 0.214. The third-order valence-electron chi connectivity index (χ3n) is 6.42. The molecule has 0 saturated carbocycles. The summed E-state index contributed by atoms with van der Waals surface area (Å²) in [4.78, 5) is 28.6. The third-order valence-corrected chi connectivity index (χ3v) is 6.42. The van der Waals surface area contributed by atoms with Gasteiger partial charge in [-0.1, -0.05) is 36.4 Å². The van der Waals surface area contributed by atoms with Crippen molar-refractivity contribution in [3.05, 3.63) is 93.1 Å². The van der Waals surface area contributed by atoms with Gasteiger partial charge in [-0.2, -0.15) is 0 Å². The van der Waals surface area contributed by atoms with Crippen molar-refractivity contribution in [1.82, 2.24) is 4.90 Å². The number of ether oxygens (including phenoxy) is 2. The summed E-state index contributed by atoms with van der Waals surface area (Å²) in [5, 5.41) is 0.409. The second-order valence-corrected chi connectivity index (χ2v) is 8.39. The quantitative estimate of drug-likeness (QED) is 0.434. The maximum absolute atomic E-state index is 13.7. The largest absolute Gasteiger partial charge is 0.493 e. The van der Waals surface area contributed by atoms with E-state index in [4.69, 9.17) is 13.9 Å². The fourth-order valence-corrected chi connectivity index (χ4v) is 4.57. The van der Waals surface area contributed by atoms with Gasteiger partial charge in [0.15, 0.2) is 22.5 Å². The van der Waals surface area contributed by atoms with Crippen LogP contribution in [0.15, 0.2) is 69.9 Å². The average molecular weight is 456 g/mol. The lowest BCUT2D eigenvalue weighted by atomic mass is 9.97. The third kappa shape index (κ3) is 3.61. The van der Waals surface area contributed by atoms with Gasteiger partial charge in [0.05, 0.1) is 25.2 Å². The monoisotopic (exact) mass is 455 g/mol. The van der Waals surface area contributed by atoms with Crippen LogP contribution in [0.3, 0.4) is 0 Å². The lowest BCUT2D eigenvalue weighted by Gasteiger charge is -2.30. The number of fused-ring (bicyclic) bond motifs is 2. The van der Waals surface area contributed by atoms with Gasteiger partial charge in [0, 0.05) is 24.2 Å². The molecule has 0 aliphatic carbocycles. The summed E-state index contributed by atoms with van der Waals surface area (Å²) in [6, 6.07) is 18.6. The SMILES string of the molecule is COc1cc2c(cc1OC)CN(C(=O)c1cccc3c(=O)c(C)c(-c4ccccc4)oc13)CC2. The molecule has 5 rings (SSSR count). The van der Waals surface area contributed by atoms with E-state index in [1.54, 1.807) is 44.2 Å². The Balaban J connectivity index is 1.57. The molecular formula is C28H25NO5. The van der Waals surface area contributed by atoms with E-state index in [2.05, 4.69) is 0 Å². The Kier molecular flexibility index (Phi) is 5.57. The van der Waals surface area contributed by atoms with Crippen LogP contribution >= 0.6 is 0 Å². The fourth-order valence-electron chi connectivity index (χ4n) is 4.57. The van der Waals surface area contributed by atoms with E-state index in [1.807, 2.05) is 42.5 Å².